The van der Waals surface area contributed by atoms with E-state index in [0.29, 0.717) is 29.5 Å². The van der Waals surface area contributed by atoms with Crippen LogP contribution < -0.4 is 4.74 Å². The fraction of sp³-hybridized carbons (Fsp3) is 0.400. The molecule has 1 N–H and O–H groups in total. The first-order chi connectivity index (χ1) is 10.1. The van der Waals surface area contributed by atoms with Gasteiger partial charge in [0.2, 0.25) is 0 Å². The minimum absolute atomic E-state index is 0.000894. The average Bonchev–Trinajstić information content (AvgIpc) is 2.44. The molecule has 1 aromatic rings. The number of benzene rings is 1. The van der Waals surface area contributed by atoms with Gasteiger partial charge in [0.25, 0.3) is 0 Å². The molecule has 1 aromatic carbocycles. The maximum Gasteiger partial charge on any atom is 0.328 e. The number of ether oxygens (including phenoxy) is 2. The van der Waals surface area contributed by atoms with Crippen molar-refractivity contribution in [3.63, 3.8) is 0 Å². The van der Waals surface area contributed by atoms with Gasteiger partial charge in [-0.3, -0.25) is 0 Å². The topological polar surface area (TPSA) is 59.0 Å². The number of aliphatic carboxylic acids is 1. The van der Waals surface area contributed by atoms with E-state index in [4.69, 9.17) is 26.2 Å². The Hall–Kier alpha value is -1.56. The Morgan fingerprint density at radius 3 is 3.14 bits per heavy atom. The molecule has 1 atom stereocenters. The molecule has 0 saturated carbocycles. The Kier molecular flexibility index (Phi) is 5.61. The first-order valence-electron chi connectivity index (χ1n) is 6.68. The van der Waals surface area contributed by atoms with Gasteiger partial charge in [0.1, 0.15) is 18.5 Å². The molecule has 1 fully saturated rings. The third-order valence-electron chi connectivity index (χ3n) is 3.17. The van der Waals surface area contributed by atoms with E-state index in [9.17, 15) is 4.79 Å². The highest BCUT2D eigenvalue weighted by Gasteiger charge is 2.18. The number of carbonyl (C=O) groups is 1. The molecular weight excluding hydrogens is 294 g/mol. The second-order valence-corrected chi connectivity index (χ2v) is 5.30. The molecule has 0 bridgehead atoms. The molecule has 1 saturated heterocycles. The second kappa shape index (κ2) is 7.45. The number of hydrogen-bond acceptors (Lipinski definition) is 4. The van der Waals surface area contributed by atoms with E-state index in [1.54, 1.807) is 18.2 Å². The summed E-state index contributed by atoms with van der Waals surface area (Å²) >= 11 is 6.09. The molecule has 5 nitrogen and oxygen atoms in total. The van der Waals surface area contributed by atoms with Crippen LogP contribution in [-0.2, 0) is 9.53 Å². The molecule has 0 aliphatic carbocycles. The summed E-state index contributed by atoms with van der Waals surface area (Å²) in [5, 5.41) is 9.17. The SMILES string of the molecule is CN1CCOC(COc2cccc(Cl)c2/C=C/C(=O)O)C1. The van der Waals surface area contributed by atoms with E-state index in [2.05, 4.69) is 4.90 Å². The quantitative estimate of drug-likeness (QED) is 0.844. The molecule has 1 aliphatic rings. The van der Waals surface area contributed by atoms with E-state index < -0.39 is 5.97 Å². The average molecular weight is 312 g/mol. The van der Waals surface area contributed by atoms with Crippen molar-refractivity contribution in [2.24, 2.45) is 0 Å². The lowest BCUT2D eigenvalue weighted by Gasteiger charge is -2.30. The molecule has 6 heteroatoms. The molecule has 0 spiro atoms. The summed E-state index contributed by atoms with van der Waals surface area (Å²) in [6.07, 6.45) is 2.48. The molecule has 0 amide bonds. The lowest BCUT2D eigenvalue weighted by molar-refractivity contribution is -0.131. The maximum absolute atomic E-state index is 10.6. The number of hydrogen-bond donors (Lipinski definition) is 1. The fourth-order valence-corrected chi connectivity index (χ4v) is 2.34. The summed E-state index contributed by atoms with van der Waals surface area (Å²) in [5.74, 6) is -0.477. The number of carboxylic acids is 1. The normalized spacial score (nSPS) is 19.8. The van der Waals surface area contributed by atoms with Crippen LogP contribution in [0.25, 0.3) is 6.08 Å². The third kappa shape index (κ3) is 4.74. The van der Waals surface area contributed by atoms with E-state index in [1.807, 2.05) is 7.05 Å². The lowest BCUT2D eigenvalue weighted by Crippen LogP contribution is -2.42. The van der Waals surface area contributed by atoms with Crippen LogP contribution in [0, 0.1) is 0 Å². The molecular formula is C15H18ClNO4. The minimum atomic E-state index is -1.03. The zero-order chi connectivity index (χ0) is 15.2. The maximum atomic E-state index is 10.6. The van der Waals surface area contributed by atoms with Gasteiger partial charge in [-0.2, -0.15) is 0 Å². The van der Waals surface area contributed by atoms with Crippen molar-refractivity contribution in [2.75, 3.05) is 33.4 Å². The smallest absolute Gasteiger partial charge is 0.328 e. The first-order valence-corrected chi connectivity index (χ1v) is 7.06. The van der Waals surface area contributed by atoms with E-state index in [0.717, 1.165) is 19.2 Å². The number of carboxylic acid groups (broad SMARTS) is 1. The van der Waals surface area contributed by atoms with Gasteiger partial charge in [0.15, 0.2) is 0 Å². The summed E-state index contributed by atoms with van der Waals surface area (Å²) in [7, 11) is 2.04. The van der Waals surface area contributed by atoms with Crippen LogP contribution in [-0.4, -0.2) is 55.4 Å². The minimum Gasteiger partial charge on any atom is -0.490 e. The number of halogens is 1. The molecule has 21 heavy (non-hydrogen) atoms. The van der Waals surface area contributed by atoms with Crippen molar-refractivity contribution >= 4 is 23.6 Å². The largest absolute Gasteiger partial charge is 0.490 e. The van der Waals surface area contributed by atoms with Crippen LogP contribution in [0.5, 0.6) is 5.75 Å². The Labute approximate surface area is 128 Å². The predicted octanol–water partition coefficient (Wildman–Crippen LogP) is 2.15. The van der Waals surface area contributed by atoms with Crippen molar-refractivity contribution in [3.8, 4) is 5.75 Å². The molecule has 114 valence electrons. The van der Waals surface area contributed by atoms with Crippen LogP contribution in [0.1, 0.15) is 5.56 Å². The van der Waals surface area contributed by atoms with Crippen molar-refractivity contribution < 1.29 is 19.4 Å². The number of likely N-dealkylation sites (N-methyl/N-ethyl adjacent to an activating group) is 1. The number of nitrogens with zero attached hydrogens (tertiary/aromatic N) is 1. The Morgan fingerprint density at radius 2 is 2.43 bits per heavy atom. The molecule has 2 rings (SSSR count). The van der Waals surface area contributed by atoms with Crippen LogP contribution in [0.2, 0.25) is 5.02 Å². The summed E-state index contributed by atoms with van der Waals surface area (Å²) < 4.78 is 11.4. The fourth-order valence-electron chi connectivity index (χ4n) is 2.11. The molecule has 0 radical (unpaired) electrons. The van der Waals surface area contributed by atoms with Gasteiger partial charge in [0.05, 0.1) is 11.6 Å². The second-order valence-electron chi connectivity index (χ2n) is 4.89. The van der Waals surface area contributed by atoms with Crippen LogP contribution in [0.4, 0.5) is 0 Å². The third-order valence-corrected chi connectivity index (χ3v) is 3.50. The van der Waals surface area contributed by atoms with E-state index in [1.165, 1.54) is 6.08 Å². The lowest BCUT2D eigenvalue weighted by atomic mass is 10.2. The summed E-state index contributed by atoms with van der Waals surface area (Å²) in [5.41, 5.74) is 0.561. The van der Waals surface area contributed by atoms with Gasteiger partial charge < -0.3 is 19.5 Å². The van der Waals surface area contributed by atoms with Gasteiger partial charge in [-0.25, -0.2) is 4.79 Å². The predicted molar refractivity (Wildman–Crippen MR) is 80.9 cm³/mol. The molecule has 1 heterocycles. The summed E-state index contributed by atoms with van der Waals surface area (Å²) in [4.78, 5) is 12.8. The molecule has 1 unspecified atom stereocenters. The highest BCUT2D eigenvalue weighted by molar-refractivity contribution is 6.32. The van der Waals surface area contributed by atoms with Crippen LogP contribution in [0.3, 0.4) is 0 Å². The zero-order valence-corrected chi connectivity index (χ0v) is 12.5. The van der Waals surface area contributed by atoms with Gasteiger partial charge >= 0.3 is 5.97 Å². The van der Waals surface area contributed by atoms with Gasteiger partial charge in [-0.05, 0) is 25.3 Å². The van der Waals surface area contributed by atoms with Crippen molar-refractivity contribution in [1.29, 1.82) is 0 Å². The van der Waals surface area contributed by atoms with Crippen molar-refractivity contribution in [1.82, 2.24) is 4.90 Å². The summed E-state index contributed by atoms with van der Waals surface area (Å²) in [6, 6.07) is 5.23. The highest BCUT2D eigenvalue weighted by Crippen LogP contribution is 2.28. The zero-order valence-electron chi connectivity index (χ0n) is 11.8. The van der Waals surface area contributed by atoms with E-state index in [-0.39, 0.29) is 6.10 Å². The van der Waals surface area contributed by atoms with Crippen molar-refractivity contribution in [2.45, 2.75) is 6.10 Å². The Balaban J connectivity index is 2.05. The van der Waals surface area contributed by atoms with Crippen LogP contribution in [0.15, 0.2) is 24.3 Å². The monoisotopic (exact) mass is 311 g/mol. The van der Waals surface area contributed by atoms with Gasteiger partial charge in [-0.1, -0.05) is 17.7 Å². The molecule has 1 aliphatic heterocycles. The van der Waals surface area contributed by atoms with Crippen LogP contribution >= 0.6 is 11.6 Å². The Bertz CT molecular complexity index is 532. The number of morpholine rings is 1. The standard InChI is InChI=1S/C15H18ClNO4/c1-17-7-8-20-11(9-17)10-21-14-4-2-3-13(16)12(14)5-6-15(18)19/h2-6,11H,7-10H2,1H3,(H,18,19)/b6-5+. The number of rotatable bonds is 5. The van der Waals surface area contributed by atoms with Gasteiger partial charge in [-0.15, -0.1) is 0 Å². The highest BCUT2D eigenvalue weighted by atomic mass is 35.5. The van der Waals surface area contributed by atoms with Gasteiger partial charge in [0, 0.05) is 24.7 Å². The van der Waals surface area contributed by atoms with Crippen molar-refractivity contribution in [3.05, 3.63) is 34.9 Å². The van der Waals surface area contributed by atoms with E-state index >= 15 is 0 Å². The summed E-state index contributed by atoms with van der Waals surface area (Å²) in [6.45, 7) is 2.81. The molecule has 0 aromatic heterocycles. The first kappa shape index (κ1) is 15.8. The Morgan fingerprint density at radius 1 is 1.62 bits per heavy atom.